The Bertz CT molecular complexity index is 908. The largest absolute Gasteiger partial charge is 0.507 e. The number of anilines is 1. The lowest BCUT2D eigenvalue weighted by Gasteiger charge is -2.29. The van der Waals surface area contributed by atoms with Crippen molar-refractivity contribution in [2.24, 2.45) is 0 Å². The fourth-order valence-corrected chi connectivity index (χ4v) is 3.02. The predicted octanol–water partition coefficient (Wildman–Crippen LogP) is 2.85. The summed E-state index contributed by atoms with van der Waals surface area (Å²) in [6.45, 7) is 2.87. The molecule has 6 nitrogen and oxygen atoms in total. The maximum Gasteiger partial charge on any atom is 0.165 e. The van der Waals surface area contributed by atoms with Gasteiger partial charge in [0.15, 0.2) is 5.82 Å². The minimum absolute atomic E-state index is 0.170. The van der Waals surface area contributed by atoms with Crippen LogP contribution in [0.4, 0.5) is 5.82 Å². The number of phenolic OH excluding ortho intramolecular Hbond substituents is 1. The van der Waals surface area contributed by atoms with Crippen LogP contribution in [0.3, 0.4) is 0 Å². The third-order valence-electron chi connectivity index (χ3n) is 4.34. The van der Waals surface area contributed by atoms with Gasteiger partial charge in [-0.1, -0.05) is 12.1 Å². The minimum atomic E-state index is 0.170. The molecule has 0 bridgehead atoms. The molecule has 1 aromatic heterocycles. The zero-order chi connectivity index (χ0) is 17.2. The van der Waals surface area contributed by atoms with Crippen LogP contribution in [0.5, 0.6) is 11.5 Å². The summed E-state index contributed by atoms with van der Waals surface area (Å²) in [4.78, 5) is 11.6. The van der Waals surface area contributed by atoms with E-state index >= 15 is 0 Å². The Morgan fingerprint density at radius 1 is 1.08 bits per heavy atom. The lowest BCUT2D eigenvalue weighted by atomic mass is 10.1. The van der Waals surface area contributed by atoms with Crippen molar-refractivity contribution in [2.75, 3.05) is 38.3 Å². The molecule has 2 aromatic carbocycles. The molecular formula is C19H19N3O3. The van der Waals surface area contributed by atoms with Crippen LogP contribution in [0.1, 0.15) is 0 Å². The molecule has 0 spiro atoms. The highest BCUT2D eigenvalue weighted by molar-refractivity contribution is 5.92. The van der Waals surface area contributed by atoms with Gasteiger partial charge in [0.1, 0.15) is 17.3 Å². The van der Waals surface area contributed by atoms with Gasteiger partial charge in [-0.25, -0.2) is 9.97 Å². The highest BCUT2D eigenvalue weighted by Gasteiger charge is 2.19. The molecule has 6 heteroatoms. The molecule has 0 aliphatic carbocycles. The van der Waals surface area contributed by atoms with Crippen LogP contribution in [0.2, 0.25) is 0 Å². The molecule has 1 saturated heterocycles. The van der Waals surface area contributed by atoms with E-state index in [1.807, 2.05) is 30.3 Å². The Hall–Kier alpha value is -2.86. The maximum atomic E-state index is 10.2. The Labute approximate surface area is 145 Å². The summed E-state index contributed by atoms with van der Waals surface area (Å²) in [6.07, 6.45) is 0. The SMILES string of the molecule is COc1ccc2nc(-c3ccccc3O)nc(N3CCOCC3)c2c1. The molecule has 0 radical (unpaired) electrons. The molecule has 4 rings (SSSR count). The Morgan fingerprint density at radius 3 is 2.64 bits per heavy atom. The first-order valence-corrected chi connectivity index (χ1v) is 8.23. The number of para-hydroxylation sites is 1. The second-order valence-electron chi connectivity index (χ2n) is 5.87. The number of phenols is 1. The number of rotatable bonds is 3. The molecule has 1 aliphatic rings. The molecule has 128 valence electrons. The standard InChI is InChI=1S/C19H19N3O3/c1-24-13-6-7-16-15(12-13)19(22-8-10-25-11-9-22)21-18(20-16)14-4-2-3-5-17(14)23/h2-7,12,23H,8-11H2,1H3. The molecular weight excluding hydrogens is 318 g/mol. The van der Waals surface area contributed by atoms with Crippen molar-refractivity contribution in [1.29, 1.82) is 0 Å². The van der Waals surface area contributed by atoms with Crippen LogP contribution in [-0.2, 0) is 4.74 Å². The number of fused-ring (bicyclic) bond motifs is 1. The van der Waals surface area contributed by atoms with Crippen molar-refractivity contribution in [3.63, 3.8) is 0 Å². The zero-order valence-electron chi connectivity index (χ0n) is 14.0. The molecule has 25 heavy (non-hydrogen) atoms. The second-order valence-corrected chi connectivity index (χ2v) is 5.87. The van der Waals surface area contributed by atoms with Crippen LogP contribution in [-0.4, -0.2) is 48.5 Å². The normalized spacial score (nSPS) is 14.7. The highest BCUT2D eigenvalue weighted by atomic mass is 16.5. The monoisotopic (exact) mass is 337 g/mol. The average Bonchev–Trinajstić information content (AvgIpc) is 2.68. The van der Waals surface area contributed by atoms with E-state index in [9.17, 15) is 5.11 Å². The molecule has 3 aromatic rings. The predicted molar refractivity (Wildman–Crippen MR) is 96.2 cm³/mol. The van der Waals surface area contributed by atoms with Gasteiger partial charge in [-0.3, -0.25) is 0 Å². The van der Waals surface area contributed by atoms with E-state index in [1.165, 1.54) is 0 Å². The van der Waals surface area contributed by atoms with Crippen molar-refractivity contribution in [1.82, 2.24) is 9.97 Å². The molecule has 0 saturated carbocycles. The number of morpholine rings is 1. The van der Waals surface area contributed by atoms with Gasteiger partial charge < -0.3 is 19.5 Å². The third-order valence-corrected chi connectivity index (χ3v) is 4.34. The number of hydrogen-bond acceptors (Lipinski definition) is 6. The topological polar surface area (TPSA) is 67.7 Å². The quantitative estimate of drug-likeness (QED) is 0.793. The smallest absolute Gasteiger partial charge is 0.165 e. The summed E-state index contributed by atoms with van der Waals surface area (Å²) in [5, 5.41) is 11.1. The van der Waals surface area contributed by atoms with E-state index in [0.717, 1.165) is 35.6 Å². The van der Waals surface area contributed by atoms with Crippen LogP contribution < -0.4 is 9.64 Å². The number of aromatic nitrogens is 2. The number of benzene rings is 2. The van der Waals surface area contributed by atoms with Crippen molar-refractivity contribution in [3.8, 4) is 22.9 Å². The van der Waals surface area contributed by atoms with Gasteiger partial charge in [-0.05, 0) is 30.3 Å². The first-order valence-electron chi connectivity index (χ1n) is 8.23. The molecule has 1 fully saturated rings. The minimum Gasteiger partial charge on any atom is -0.507 e. The van der Waals surface area contributed by atoms with E-state index in [2.05, 4.69) is 9.88 Å². The Kier molecular flexibility index (Phi) is 4.11. The van der Waals surface area contributed by atoms with E-state index in [4.69, 9.17) is 14.5 Å². The summed E-state index contributed by atoms with van der Waals surface area (Å²) in [5.41, 5.74) is 1.44. The summed E-state index contributed by atoms with van der Waals surface area (Å²) in [6, 6.07) is 12.9. The van der Waals surface area contributed by atoms with Crippen molar-refractivity contribution in [3.05, 3.63) is 42.5 Å². The summed E-state index contributed by atoms with van der Waals surface area (Å²) < 4.78 is 10.8. The number of aromatic hydroxyl groups is 1. The number of hydrogen-bond donors (Lipinski definition) is 1. The fraction of sp³-hybridized carbons (Fsp3) is 0.263. The van der Waals surface area contributed by atoms with Gasteiger partial charge in [-0.2, -0.15) is 0 Å². The van der Waals surface area contributed by atoms with E-state index in [1.54, 1.807) is 19.2 Å². The summed E-state index contributed by atoms with van der Waals surface area (Å²) >= 11 is 0. The van der Waals surface area contributed by atoms with Crippen molar-refractivity contribution < 1.29 is 14.6 Å². The summed E-state index contributed by atoms with van der Waals surface area (Å²) in [7, 11) is 1.65. The number of nitrogens with zero attached hydrogens (tertiary/aromatic N) is 3. The molecule has 2 heterocycles. The van der Waals surface area contributed by atoms with Crippen LogP contribution in [0.15, 0.2) is 42.5 Å². The maximum absolute atomic E-state index is 10.2. The second kappa shape index (κ2) is 6.57. The van der Waals surface area contributed by atoms with Gasteiger partial charge >= 0.3 is 0 Å². The highest BCUT2D eigenvalue weighted by Crippen LogP contribution is 2.33. The zero-order valence-corrected chi connectivity index (χ0v) is 14.0. The van der Waals surface area contributed by atoms with Crippen LogP contribution in [0.25, 0.3) is 22.3 Å². The first-order chi connectivity index (χ1) is 12.3. The fourth-order valence-electron chi connectivity index (χ4n) is 3.02. The van der Waals surface area contributed by atoms with Gasteiger partial charge in [-0.15, -0.1) is 0 Å². The molecule has 1 aliphatic heterocycles. The Morgan fingerprint density at radius 2 is 1.88 bits per heavy atom. The first kappa shape index (κ1) is 15.7. The molecule has 0 atom stereocenters. The molecule has 0 amide bonds. The lowest BCUT2D eigenvalue weighted by Crippen LogP contribution is -2.37. The van der Waals surface area contributed by atoms with E-state index in [-0.39, 0.29) is 5.75 Å². The lowest BCUT2D eigenvalue weighted by molar-refractivity contribution is 0.122. The van der Waals surface area contributed by atoms with Gasteiger partial charge in [0.25, 0.3) is 0 Å². The molecule has 1 N–H and O–H groups in total. The van der Waals surface area contributed by atoms with Gasteiger partial charge in [0, 0.05) is 18.5 Å². The van der Waals surface area contributed by atoms with E-state index < -0.39 is 0 Å². The average molecular weight is 337 g/mol. The van der Waals surface area contributed by atoms with Gasteiger partial charge in [0.2, 0.25) is 0 Å². The van der Waals surface area contributed by atoms with Gasteiger partial charge in [0.05, 0.1) is 31.4 Å². The van der Waals surface area contributed by atoms with Crippen molar-refractivity contribution >= 4 is 16.7 Å². The number of ether oxygens (including phenoxy) is 2. The van der Waals surface area contributed by atoms with E-state index in [0.29, 0.717) is 24.6 Å². The van der Waals surface area contributed by atoms with Crippen LogP contribution >= 0.6 is 0 Å². The third kappa shape index (κ3) is 2.96. The molecule has 0 unspecified atom stereocenters. The summed E-state index contributed by atoms with van der Waals surface area (Å²) in [5.74, 6) is 2.28. The van der Waals surface area contributed by atoms with Crippen molar-refractivity contribution in [2.45, 2.75) is 0 Å². The Balaban J connectivity index is 1.93. The van der Waals surface area contributed by atoms with Crippen LogP contribution in [0, 0.1) is 0 Å². The number of methoxy groups -OCH3 is 1.